The molecule has 1 aromatic rings. The van der Waals surface area contributed by atoms with Gasteiger partial charge in [-0.1, -0.05) is 0 Å². The first-order chi connectivity index (χ1) is 6.04. The number of nitrogens with one attached hydrogen (secondary N) is 2. The molecule has 0 aromatic carbocycles. The quantitative estimate of drug-likeness (QED) is 0.754. The zero-order chi connectivity index (χ0) is 9.90. The van der Waals surface area contributed by atoms with Gasteiger partial charge in [0.15, 0.2) is 0 Å². The summed E-state index contributed by atoms with van der Waals surface area (Å²) in [6, 6.07) is -1.54. The van der Waals surface area contributed by atoms with E-state index in [0.717, 1.165) is 0 Å². The van der Waals surface area contributed by atoms with E-state index in [9.17, 15) is 13.2 Å². The standard InChI is InChI=1S/C7H10F3N3/c1-11-5(7(8,9)10)4-6-12-2-3-13-6/h2-3,5,11H,4H2,1H3,(H,12,13). The molecule has 0 aliphatic heterocycles. The molecule has 1 rings (SSSR count). The van der Waals surface area contributed by atoms with E-state index in [1.807, 2.05) is 0 Å². The number of halogens is 3. The van der Waals surface area contributed by atoms with Crippen LogP contribution in [0.5, 0.6) is 0 Å². The number of likely N-dealkylation sites (N-methyl/N-ethyl adjacent to an activating group) is 1. The van der Waals surface area contributed by atoms with E-state index in [4.69, 9.17) is 0 Å². The number of aromatic nitrogens is 2. The normalized spacial score (nSPS) is 14.5. The molecule has 13 heavy (non-hydrogen) atoms. The SMILES string of the molecule is CNC(Cc1ncc[nH]1)C(F)(F)F. The van der Waals surface area contributed by atoms with E-state index in [1.165, 1.54) is 19.4 Å². The molecule has 0 aliphatic rings. The van der Waals surface area contributed by atoms with E-state index in [1.54, 1.807) is 0 Å². The fourth-order valence-corrected chi connectivity index (χ4v) is 0.984. The van der Waals surface area contributed by atoms with Gasteiger partial charge in [0, 0.05) is 18.8 Å². The predicted molar refractivity (Wildman–Crippen MR) is 41.2 cm³/mol. The van der Waals surface area contributed by atoms with Gasteiger partial charge in [0.25, 0.3) is 0 Å². The van der Waals surface area contributed by atoms with Gasteiger partial charge in [0.05, 0.1) is 0 Å². The van der Waals surface area contributed by atoms with Gasteiger partial charge in [-0.2, -0.15) is 13.2 Å². The Kier molecular flexibility index (Phi) is 2.92. The number of rotatable bonds is 3. The number of nitrogens with zero attached hydrogens (tertiary/aromatic N) is 1. The Morgan fingerprint density at radius 3 is 2.69 bits per heavy atom. The molecule has 0 aliphatic carbocycles. The molecule has 0 saturated carbocycles. The Labute approximate surface area is 73.4 Å². The maximum Gasteiger partial charge on any atom is 0.404 e. The van der Waals surface area contributed by atoms with Crippen LogP contribution in [0.1, 0.15) is 5.82 Å². The second-order valence-corrected chi connectivity index (χ2v) is 2.62. The monoisotopic (exact) mass is 193 g/mol. The molecular formula is C7H10F3N3. The minimum absolute atomic E-state index is 0.174. The van der Waals surface area contributed by atoms with Crippen molar-refractivity contribution in [3.63, 3.8) is 0 Å². The molecule has 0 saturated heterocycles. The fraction of sp³-hybridized carbons (Fsp3) is 0.571. The van der Waals surface area contributed by atoms with Crippen molar-refractivity contribution in [1.29, 1.82) is 0 Å². The van der Waals surface area contributed by atoms with E-state index in [0.29, 0.717) is 5.82 Å². The highest BCUT2D eigenvalue weighted by atomic mass is 19.4. The summed E-state index contributed by atoms with van der Waals surface area (Å²) in [5, 5.41) is 2.20. The molecule has 1 atom stereocenters. The first-order valence-corrected chi connectivity index (χ1v) is 3.76. The highest BCUT2D eigenvalue weighted by Crippen LogP contribution is 2.21. The first-order valence-electron chi connectivity index (χ1n) is 3.76. The molecule has 0 fully saturated rings. The van der Waals surface area contributed by atoms with Gasteiger partial charge in [0.1, 0.15) is 11.9 Å². The van der Waals surface area contributed by atoms with E-state index in [-0.39, 0.29) is 6.42 Å². The summed E-state index contributed by atoms with van der Waals surface area (Å²) in [7, 11) is 1.28. The Bertz CT molecular complexity index is 242. The Hall–Kier alpha value is -1.04. The molecule has 3 nitrogen and oxygen atoms in total. The molecule has 74 valence electrons. The Balaban J connectivity index is 2.60. The van der Waals surface area contributed by atoms with Crippen LogP contribution in [0.2, 0.25) is 0 Å². The van der Waals surface area contributed by atoms with Crippen LogP contribution in [-0.4, -0.2) is 29.2 Å². The number of hydrogen-bond donors (Lipinski definition) is 2. The van der Waals surface area contributed by atoms with Crippen molar-refractivity contribution < 1.29 is 13.2 Å². The zero-order valence-electron chi connectivity index (χ0n) is 7.02. The van der Waals surface area contributed by atoms with Crippen molar-refractivity contribution in [2.45, 2.75) is 18.6 Å². The van der Waals surface area contributed by atoms with Gasteiger partial charge in [0.2, 0.25) is 0 Å². The van der Waals surface area contributed by atoms with Crippen molar-refractivity contribution in [1.82, 2.24) is 15.3 Å². The summed E-state index contributed by atoms with van der Waals surface area (Å²) in [6.07, 6.45) is -1.48. The van der Waals surface area contributed by atoms with Crippen molar-refractivity contribution in [2.75, 3.05) is 7.05 Å². The van der Waals surface area contributed by atoms with E-state index >= 15 is 0 Å². The lowest BCUT2D eigenvalue weighted by atomic mass is 10.2. The second-order valence-electron chi connectivity index (χ2n) is 2.62. The van der Waals surface area contributed by atoms with Gasteiger partial charge < -0.3 is 10.3 Å². The topological polar surface area (TPSA) is 40.7 Å². The average molecular weight is 193 g/mol. The summed E-state index contributed by atoms with van der Waals surface area (Å²) in [4.78, 5) is 6.34. The van der Waals surface area contributed by atoms with Crippen LogP contribution in [0.25, 0.3) is 0 Å². The van der Waals surface area contributed by atoms with Crippen LogP contribution in [0.3, 0.4) is 0 Å². The van der Waals surface area contributed by atoms with Gasteiger partial charge in [-0.3, -0.25) is 0 Å². The summed E-state index contributed by atoms with van der Waals surface area (Å²) >= 11 is 0. The van der Waals surface area contributed by atoms with Crippen LogP contribution < -0.4 is 5.32 Å². The average Bonchev–Trinajstić information content (AvgIpc) is 2.49. The van der Waals surface area contributed by atoms with Crippen molar-refractivity contribution in [3.05, 3.63) is 18.2 Å². The highest BCUT2D eigenvalue weighted by molar-refractivity contribution is 4.93. The maximum absolute atomic E-state index is 12.2. The molecule has 1 aromatic heterocycles. The summed E-state index contributed by atoms with van der Waals surface area (Å²) in [5.74, 6) is 0.330. The van der Waals surface area contributed by atoms with Crippen LogP contribution >= 0.6 is 0 Å². The molecular weight excluding hydrogens is 183 g/mol. The lowest BCUT2D eigenvalue weighted by molar-refractivity contribution is -0.154. The van der Waals surface area contributed by atoms with Gasteiger partial charge >= 0.3 is 6.18 Å². The lowest BCUT2D eigenvalue weighted by Gasteiger charge is -2.17. The maximum atomic E-state index is 12.2. The second kappa shape index (κ2) is 3.78. The molecule has 6 heteroatoms. The van der Waals surface area contributed by atoms with Gasteiger partial charge in [-0.05, 0) is 7.05 Å². The number of imidazole rings is 1. The number of H-pyrrole nitrogens is 1. The van der Waals surface area contributed by atoms with Gasteiger partial charge in [-0.15, -0.1) is 0 Å². The third kappa shape index (κ3) is 2.73. The predicted octanol–water partition coefficient (Wildman–Crippen LogP) is 1.10. The third-order valence-electron chi connectivity index (χ3n) is 1.70. The molecule has 2 N–H and O–H groups in total. The fourth-order valence-electron chi connectivity index (χ4n) is 0.984. The molecule has 0 radical (unpaired) electrons. The van der Waals surface area contributed by atoms with E-state index < -0.39 is 12.2 Å². The van der Waals surface area contributed by atoms with Crippen LogP contribution in [0, 0.1) is 0 Å². The lowest BCUT2D eigenvalue weighted by Crippen LogP contribution is -2.42. The summed E-state index contributed by atoms with van der Waals surface area (Å²) in [5.41, 5.74) is 0. The van der Waals surface area contributed by atoms with Crippen LogP contribution in [0.4, 0.5) is 13.2 Å². The minimum atomic E-state index is -4.23. The van der Waals surface area contributed by atoms with Gasteiger partial charge in [-0.25, -0.2) is 4.98 Å². The van der Waals surface area contributed by atoms with E-state index in [2.05, 4.69) is 15.3 Å². The summed E-state index contributed by atoms with van der Waals surface area (Å²) in [6.45, 7) is 0. The molecule has 0 amide bonds. The molecule has 0 bridgehead atoms. The molecule has 1 unspecified atom stereocenters. The highest BCUT2D eigenvalue weighted by Gasteiger charge is 2.38. The number of alkyl halides is 3. The summed E-state index contributed by atoms with van der Waals surface area (Å²) < 4.78 is 36.6. The third-order valence-corrected chi connectivity index (χ3v) is 1.70. The van der Waals surface area contributed by atoms with Crippen molar-refractivity contribution in [3.8, 4) is 0 Å². The number of hydrogen-bond acceptors (Lipinski definition) is 2. The number of aromatic amines is 1. The Morgan fingerprint density at radius 1 is 1.62 bits per heavy atom. The molecule has 1 heterocycles. The van der Waals surface area contributed by atoms with Crippen molar-refractivity contribution >= 4 is 0 Å². The van der Waals surface area contributed by atoms with Crippen molar-refractivity contribution in [2.24, 2.45) is 0 Å². The van der Waals surface area contributed by atoms with Crippen LogP contribution in [-0.2, 0) is 6.42 Å². The zero-order valence-corrected chi connectivity index (χ0v) is 7.02. The smallest absolute Gasteiger partial charge is 0.349 e. The molecule has 0 spiro atoms. The minimum Gasteiger partial charge on any atom is -0.349 e. The Morgan fingerprint density at radius 2 is 2.31 bits per heavy atom. The largest absolute Gasteiger partial charge is 0.404 e. The van der Waals surface area contributed by atoms with Crippen LogP contribution in [0.15, 0.2) is 12.4 Å². The first kappa shape index (κ1) is 10.0.